The Morgan fingerprint density at radius 2 is 2.09 bits per heavy atom. The van der Waals surface area contributed by atoms with E-state index >= 15 is 0 Å². The number of thiazole rings is 1. The van der Waals surface area contributed by atoms with E-state index in [9.17, 15) is 0 Å². The molecular formula is C17H23N3OS. The zero-order chi connectivity index (χ0) is 15.4. The summed E-state index contributed by atoms with van der Waals surface area (Å²) in [7, 11) is 1.70. The molecule has 2 aromatic rings. The fourth-order valence-corrected chi connectivity index (χ4v) is 3.84. The molecule has 4 nitrogen and oxygen atoms in total. The number of nitrogens with zero attached hydrogens (tertiary/aromatic N) is 2. The molecule has 0 bridgehead atoms. The SMILES string of the molecule is COc1cccc(Cc2sc(N)nc2CN2CCCCC2)c1. The van der Waals surface area contributed by atoms with Gasteiger partial charge in [0.15, 0.2) is 5.13 Å². The van der Waals surface area contributed by atoms with Gasteiger partial charge in [0.2, 0.25) is 0 Å². The lowest BCUT2D eigenvalue weighted by Crippen LogP contribution is -2.29. The van der Waals surface area contributed by atoms with Gasteiger partial charge in [-0.2, -0.15) is 0 Å². The number of nitrogens with two attached hydrogens (primary N) is 1. The molecule has 1 fully saturated rings. The Morgan fingerprint density at radius 3 is 2.86 bits per heavy atom. The fourth-order valence-electron chi connectivity index (χ4n) is 2.96. The van der Waals surface area contributed by atoms with Gasteiger partial charge < -0.3 is 10.5 Å². The molecule has 1 aliphatic rings. The van der Waals surface area contributed by atoms with Gasteiger partial charge in [-0.15, -0.1) is 11.3 Å². The topological polar surface area (TPSA) is 51.4 Å². The van der Waals surface area contributed by atoms with Gasteiger partial charge in [0, 0.05) is 17.8 Å². The molecule has 0 saturated carbocycles. The maximum absolute atomic E-state index is 5.96. The number of hydrogen-bond donors (Lipinski definition) is 1. The van der Waals surface area contributed by atoms with Crippen molar-refractivity contribution in [2.45, 2.75) is 32.2 Å². The number of anilines is 1. The molecule has 1 saturated heterocycles. The Labute approximate surface area is 135 Å². The molecule has 0 atom stereocenters. The van der Waals surface area contributed by atoms with Crippen LogP contribution in [0.5, 0.6) is 5.75 Å². The van der Waals surface area contributed by atoms with Crippen LogP contribution in [0.25, 0.3) is 0 Å². The van der Waals surface area contributed by atoms with E-state index in [-0.39, 0.29) is 0 Å². The zero-order valence-electron chi connectivity index (χ0n) is 13.0. The van der Waals surface area contributed by atoms with Crippen LogP contribution in [0.4, 0.5) is 5.13 Å². The number of nitrogen functional groups attached to an aromatic ring is 1. The van der Waals surface area contributed by atoms with E-state index in [4.69, 9.17) is 10.5 Å². The minimum atomic E-state index is 0.671. The minimum absolute atomic E-state index is 0.671. The monoisotopic (exact) mass is 317 g/mol. The summed E-state index contributed by atoms with van der Waals surface area (Å²) in [6.07, 6.45) is 4.82. The van der Waals surface area contributed by atoms with Crippen molar-refractivity contribution in [3.63, 3.8) is 0 Å². The molecule has 1 aliphatic heterocycles. The first-order valence-corrected chi connectivity index (χ1v) is 8.65. The number of rotatable bonds is 5. The lowest BCUT2D eigenvalue weighted by molar-refractivity contribution is 0.218. The lowest BCUT2D eigenvalue weighted by Gasteiger charge is -2.25. The van der Waals surface area contributed by atoms with Crippen molar-refractivity contribution < 1.29 is 4.74 Å². The van der Waals surface area contributed by atoms with Crippen LogP contribution in [-0.2, 0) is 13.0 Å². The summed E-state index contributed by atoms with van der Waals surface area (Å²) < 4.78 is 5.30. The van der Waals surface area contributed by atoms with Crippen molar-refractivity contribution in [1.29, 1.82) is 0 Å². The third kappa shape index (κ3) is 3.78. The first-order chi connectivity index (χ1) is 10.7. The van der Waals surface area contributed by atoms with E-state index in [2.05, 4.69) is 22.0 Å². The summed E-state index contributed by atoms with van der Waals surface area (Å²) in [5.74, 6) is 0.896. The summed E-state index contributed by atoms with van der Waals surface area (Å²) in [4.78, 5) is 8.33. The molecule has 1 aromatic heterocycles. The summed E-state index contributed by atoms with van der Waals surface area (Å²) >= 11 is 1.61. The molecule has 118 valence electrons. The standard InChI is InChI=1S/C17H23N3OS/c1-21-14-7-5-6-13(10-14)11-16-15(19-17(18)22-16)12-20-8-3-2-4-9-20/h5-7,10H,2-4,8-9,11-12H2,1H3,(H2,18,19). The average molecular weight is 317 g/mol. The number of ether oxygens (including phenoxy) is 1. The number of aromatic nitrogens is 1. The Balaban J connectivity index is 1.75. The summed E-state index contributed by atoms with van der Waals surface area (Å²) in [5.41, 5.74) is 8.34. The molecule has 2 N–H and O–H groups in total. The Kier molecular flexibility index (Phi) is 4.95. The van der Waals surface area contributed by atoms with Gasteiger partial charge in [-0.1, -0.05) is 18.6 Å². The first-order valence-electron chi connectivity index (χ1n) is 7.84. The van der Waals surface area contributed by atoms with Gasteiger partial charge in [0.05, 0.1) is 12.8 Å². The molecule has 22 heavy (non-hydrogen) atoms. The van der Waals surface area contributed by atoms with Crippen LogP contribution >= 0.6 is 11.3 Å². The minimum Gasteiger partial charge on any atom is -0.497 e. The number of likely N-dealkylation sites (tertiary alicyclic amines) is 1. The largest absolute Gasteiger partial charge is 0.497 e. The van der Waals surface area contributed by atoms with Crippen LogP contribution < -0.4 is 10.5 Å². The van der Waals surface area contributed by atoms with Gasteiger partial charge in [0.1, 0.15) is 5.75 Å². The number of benzene rings is 1. The third-order valence-corrected chi connectivity index (χ3v) is 5.04. The van der Waals surface area contributed by atoms with Crippen LogP contribution in [0, 0.1) is 0 Å². The van der Waals surface area contributed by atoms with E-state index in [0.29, 0.717) is 5.13 Å². The van der Waals surface area contributed by atoms with E-state index in [1.54, 1.807) is 18.4 Å². The summed E-state index contributed by atoms with van der Waals surface area (Å²) in [6.45, 7) is 3.28. The number of hydrogen-bond acceptors (Lipinski definition) is 5. The van der Waals surface area contributed by atoms with E-state index in [0.717, 1.165) is 24.4 Å². The van der Waals surface area contributed by atoms with Gasteiger partial charge >= 0.3 is 0 Å². The maximum atomic E-state index is 5.96. The lowest BCUT2D eigenvalue weighted by atomic mass is 10.1. The van der Waals surface area contributed by atoms with Crippen molar-refractivity contribution in [2.75, 3.05) is 25.9 Å². The van der Waals surface area contributed by atoms with Crippen LogP contribution in [0.3, 0.4) is 0 Å². The quantitative estimate of drug-likeness (QED) is 0.919. The fraction of sp³-hybridized carbons (Fsp3) is 0.471. The first kappa shape index (κ1) is 15.3. The second-order valence-corrected chi connectivity index (χ2v) is 6.90. The predicted octanol–water partition coefficient (Wildman–Crippen LogP) is 3.31. The zero-order valence-corrected chi connectivity index (χ0v) is 13.9. The second kappa shape index (κ2) is 7.11. The smallest absolute Gasteiger partial charge is 0.180 e. The van der Waals surface area contributed by atoms with E-state index in [1.807, 2.05) is 12.1 Å². The molecule has 1 aromatic carbocycles. The van der Waals surface area contributed by atoms with E-state index in [1.165, 1.54) is 42.8 Å². The highest BCUT2D eigenvalue weighted by molar-refractivity contribution is 7.15. The molecule has 5 heteroatoms. The van der Waals surface area contributed by atoms with Crippen LogP contribution in [-0.4, -0.2) is 30.1 Å². The maximum Gasteiger partial charge on any atom is 0.180 e. The van der Waals surface area contributed by atoms with Crippen molar-refractivity contribution in [3.05, 3.63) is 40.4 Å². The van der Waals surface area contributed by atoms with Crippen LogP contribution in [0.1, 0.15) is 35.4 Å². The Bertz CT molecular complexity index is 620. The summed E-state index contributed by atoms with van der Waals surface area (Å²) in [5, 5.41) is 0.671. The Morgan fingerprint density at radius 1 is 1.27 bits per heavy atom. The highest BCUT2D eigenvalue weighted by Gasteiger charge is 2.16. The van der Waals surface area contributed by atoms with Crippen LogP contribution in [0.15, 0.2) is 24.3 Å². The van der Waals surface area contributed by atoms with Gasteiger partial charge in [-0.25, -0.2) is 4.98 Å². The van der Waals surface area contributed by atoms with Gasteiger partial charge in [-0.05, 0) is 43.6 Å². The normalized spacial score (nSPS) is 15.9. The predicted molar refractivity (Wildman–Crippen MR) is 91.5 cm³/mol. The van der Waals surface area contributed by atoms with Crippen molar-refractivity contribution in [1.82, 2.24) is 9.88 Å². The third-order valence-electron chi connectivity index (χ3n) is 4.12. The molecule has 0 amide bonds. The average Bonchev–Trinajstić information content (AvgIpc) is 2.88. The van der Waals surface area contributed by atoms with Crippen LogP contribution in [0.2, 0.25) is 0 Å². The van der Waals surface area contributed by atoms with Gasteiger partial charge in [-0.3, -0.25) is 4.90 Å². The second-order valence-electron chi connectivity index (χ2n) is 5.79. The highest BCUT2D eigenvalue weighted by atomic mass is 32.1. The number of piperidine rings is 1. The van der Waals surface area contributed by atoms with Crippen molar-refractivity contribution >= 4 is 16.5 Å². The van der Waals surface area contributed by atoms with E-state index < -0.39 is 0 Å². The molecule has 0 radical (unpaired) electrons. The Hall–Kier alpha value is -1.59. The molecule has 0 unspecified atom stereocenters. The molecule has 0 aliphatic carbocycles. The molecule has 3 rings (SSSR count). The number of methoxy groups -OCH3 is 1. The van der Waals surface area contributed by atoms with Gasteiger partial charge in [0.25, 0.3) is 0 Å². The molecule has 0 spiro atoms. The molecule has 2 heterocycles. The summed E-state index contributed by atoms with van der Waals surface area (Å²) in [6, 6.07) is 8.21. The highest BCUT2D eigenvalue weighted by Crippen LogP contribution is 2.26. The molecular weight excluding hydrogens is 294 g/mol. The van der Waals surface area contributed by atoms with Crippen molar-refractivity contribution in [2.24, 2.45) is 0 Å². The van der Waals surface area contributed by atoms with Crippen molar-refractivity contribution in [3.8, 4) is 5.75 Å².